The van der Waals surface area contributed by atoms with Crippen LogP contribution in [0.1, 0.15) is 72.1 Å². The molecule has 1 saturated heterocycles. The first-order valence-corrected chi connectivity index (χ1v) is 9.38. The third kappa shape index (κ3) is 5.26. The van der Waals surface area contributed by atoms with Gasteiger partial charge in [-0.2, -0.15) is 0 Å². The van der Waals surface area contributed by atoms with Crippen LogP contribution in [0.15, 0.2) is 18.5 Å². The van der Waals surface area contributed by atoms with E-state index in [4.69, 9.17) is 4.74 Å². The van der Waals surface area contributed by atoms with Crippen LogP contribution in [0, 0.1) is 0 Å². The number of rotatable bonds is 5. The number of nitrogens with zero attached hydrogens (tertiary/aromatic N) is 1. The van der Waals surface area contributed by atoms with Gasteiger partial charge in [-0.25, -0.2) is 0 Å². The molecule has 2 heterocycles. The van der Waals surface area contributed by atoms with Gasteiger partial charge in [-0.15, -0.1) is 0 Å². The molecule has 1 saturated carbocycles. The second kappa shape index (κ2) is 8.94. The minimum Gasteiger partial charge on any atom is -0.376 e. The van der Waals surface area contributed by atoms with Gasteiger partial charge >= 0.3 is 0 Å². The highest BCUT2D eigenvalue weighted by atomic mass is 16.5. The Bertz CT molecular complexity index is 591. The number of carbonyl (C=O) groups excluding carboxylic acids is 2. The number of hydrogen-bond acceptors (Lipinski definition) is 4. The summed E-state index contributed by atoms with van der Waals surface area (Å²) in [4.78, 5) is 28.8. The van der Waals surface area contributed by atoms with E-state index in [1.165, 1.54) is 25.2 Å². The van der Waals surface area contributed by atoms with Gasteiger partial charge in [0, 0.05) is 31.6 Å². The standard InChI is InChI=1S/C19H27N3O3/c23-18(21-13-17-8-5-9-25-17)14-10-15(12-20-11-14)19(24)22-16-6-3-1-2-4-7-16/h10-12,16-17H,1-9,13H2,(H,21,23)(H,22,24). The first-order chi connectivity index (χ1) is 12.2. The molecule has 2 N–H and O–H groups in total. The van der Waals surface area contributed by atoms with Crippen molar-refractivity contribution < 1.29 is 14.3 Å². The summed E-state index contributed by atoms with van der Waals surface area (Å²) in [5.74, 6) is -0.361. The highest BCUT2D eigenvalue weighted by molar-refractivity contribution is 5.99. The number of hydrogen-bond donors (Lipinski definition) is 2. The van der Waals surface area contributed by atoms with Gasteiger partial charge in [-0.3, -0.25) is 14.6 Å². The maximum absolute atomic E-state index is 12.5. The molecule has 0 aromatic carbocycles. The van der Waals surface area contributed by atoms with Crippen molar-refractivity contribution in [3.63, 3.8) is 0 Å². The number of carbonyl (C=O) groups is 2. The van der Waals surface area contributed by atoms with E-state index in [1.54, 1.807) is 6.07 Å². The third-order valence-corrected chi connectivity index (χ3v) is 4.97. The molecule has 1 aromatic rings. The minimum atomic E-state index is -0.216. The zero-order valence-corrected chi connectivity index (χ0v) is 14.6. The molecular formula is C19H27N3O3. The number of amides is 2. The summed E-state index contributed by atoms with van der Waals surface area (Å²) >= 11 is 0. The van der Waals surface area contributed by atoms with E-state index in [-0.39, 0.29) is 24.0 Å². The van der Waals surface area contributed by atoms with Crippen LogP contribution in [0.2, 0.25) is 0 Å². The first-order valence-electron chi connectivity index (χ1n) is 9.38. The van der Waals surface area contributed by atoms with Gasteiger partial charge < -0.3 is 15.4 Å². The SMILES string of the molecule is O=C(NCC1CCCO1)c1cncc(C(=O)NC2CCCCCC2)c1. The van der Waals surface area contributed by atoms with Crippen LogP contribution in [0.25, 0.3) is 0 Å². The Hall–Kier alpha value is -1.95. The molecule has 1 aliphatic carbocycles. The zero-order chi connectivity index (χ0) is 17.5. The van der Waals surface area contributed by atoms with Gasteiger partial charge in [0.25, 0.3) is 11.8 Å². The molecule has 136 valence electrons. The monoisotopic (exact) mass is 345 g/mol. The van der Waals surface area contributed by atoms with E-state index >= 15 is 0 Å². The molecule has 6 nitrogen and oxygen atoms in total. The molecule has 1 atom stereocenters. The predicted octanol–water partition coefficient (Wildman–Crippen LogP) is 2.44. The Morgan fingerprint density at radius 3 is 2.40 bits per heavy atom. The van der Waals surface area contributed by atoms with Crippen molar-refractivity contribution in [1.82, 2.24) is 15.6 Å². The van der Waals surface area contributed by atoms with E-state index in [1.807, 2.05) is 0 Å². The smallest absolute Gasteiger partial charge is 0.253 e. The summed E-state index contributed by atoms with van der Waals surface area (Å²) in [6.45, 7) is 1.26. The molecule has 1 unspecified atom stereocenters. The summed E-state index contributed by atoms with van der Waals surface area (Å²) in [7, 11) is 0. The second-order valence-corrected chi connectivity index (χ2v) is 6.97. The molecule has 0 radical (unpaired) electrons. The molecule has 2 fully saturated rings. The maximum Gasteiger partial charge on any atom is 0.253 e. The lowest BCUT2D eigenvalue weighted by Crippen LogP contribution is -2.35. The molecular weight excluding hydrogens is 318 g/mol. The van der Waals surface area contributed by atoms with Crippen LogP contribution in [-0.4, -0.2) is 42.1 Å². The van der Waals surface area contributed by atoms with E-state index < -0.39 is 0 Å². The van der Waals surface area contributed by atoms with Crippen molar-refractivity contribution in [1.29, 1.82) is 0 Å². The summed E-state index contributed by atoms with van der Waals surface area (Å²) in [6.07, 6.45) is 12.0. The van der Waals surface area contributed by atoms with E-state index in [0.717, 1.165) is 45.1 Å². The molecule has 1 aromatic heterocycles. The fourth-order valence-electron chi connectivity index (χ4n) is 3.49. The molecule has 3 rings (SSSR count). The highest BCUT2D eigenvalue weighted by Crippen LogP contribution is 2.17. The quantitative estimate of drug-likeness (QED) is 0.803. The summed E-state index contributed by atoms with van der Waals surface area (Å²) in [5.41, 5.74) is 0.848. The maximum atomic E-state index is 12.5. The Labute approximate surface area is 148 Å². The molecule has 1 aliphatic heterocycles. The van der Waals surface area contributed by atoms with Crippen molar-refractivity contribution in [3.8, 4) is 0 Å². The Morgan fingerprint density at radius 1 is 1.00 bits per heavy atom. The summed E-state index contributed by atoms with van der Waals surface area (Å²) < 4.78 is 5.50. The van der Waals surface area contributed by atoms with E-state index in [0.29, 0.717) is 17.7 Å². The Kier molecular flexibility index (Phi) is 6.39. The molecule has 2 amide bonds. The largest absolute Gasteiger partial charge is 0.376 e. The average Bonchev–Trinajstić information content (AvgIpc) is 3.03. The van der Waals surface area contributed by atoms with Gasteiger partial charge in [0.1, 0.15) is 0 Å². The lowest BCUT2D eigenvalue weighted by atomic mass is 10.1. The molecule has 0 spiro atoms. The third-order valence-electron chi connectivity index (χ3n) is 4.97. The van der Waals surface area contributed by atoms with Crippen LogP contribution >= 0.6 is 0 Å². The topological polar surface area (TPSA) is 80.3 Å². The fraction of sp³-hybridized carbons (Fsp3) is 0.632. The molecule has 0 bridgehead atoms. The van der Waals surface area contributed by atoms with Crippen LogP contribution in [0.5, 0.6) is 0 Å². The van der Waals surface area contributed by atoms with Crippen molar-refractivity contribution >= 4 is 11.8 Å². The van der Waals surface area contributed by atoms with Gasteiger partial charge in [0.05, 0.1) is 17.2 Å². The fourth-order valence-corrected chi connectivity index (χ4v) is 3.49. The number of pyridine rings is 1. The average molecular weight is 345 g/mol. The van der Waals surface area contributed by atoms with Gasteiger partial charge in [-0.1, -0.05) is 25.7 Å². The predicted molar refractivity (Wildman–Crippen MR) is 94.5 cm³/mol. The number of ether oxygens (including phenoxy) is 1. The lowest BCUT2D eigenvalue weighted by Gasteiger charge is -2.16. The van der Waals surface area contributed by atoms with Crippen LogP contribution < -0.4 is 10.6 Å². The normalized spacial score (nSPS) is 21.5. The van der Waals surface area contributed by atoms with Crippen LogP contribution in [0.3, 0.4) is 0 Å². The van der Waals surface area contributed by atoms with Gasteiger partial charge in [0.15, 0.2) is 0 Å². The summed E-state index contributed by atoms with van der Waals surface area (Å²) in [6, 6.07) is 1.84. The zero-order valence-electron chi connectivity index (χ0n) is 14.6. The molecule has 6 heteroatoms. The van der Waals surface area contributed by atoms with Crippen molar-refractivity contribution in [3.05, 3.63) is 29.6 Å². The van der Waals surface area contributed by atoms with E-state index in [2.05, 4.69) is 15.6 Å². The Balaban J connectivity index is 1.55. The number of aromatic nitrogens is 1. The molecule has 25 heavy (non-hydrogen) atoms. The van der Waals surface area contributed by atoms with Crippen LogP contribution in [-0.2, 0) is 4.74 Å². The van der Waals surface area contributed by atoms with Gasteiger partial charge in [0.2, 0.25) is 0 Å². The minimum absolute atomic E-state index is 0.0960. The molecule has 2 aliphatic rings. The Morgan fingerprint density at radius 2 is 1.72 bits per heavy atom. The van der Waals surface area contributed by atoms with E-state index in [9.17, 15) is 9.59 Å². The summed E-state index contributed by atoms with van der Waals surface area (Å²) in [5, 5.41) is 5.95. The first kappa shape index (κ1) is 17.9. The van der Waals surface area contributed by atoms with Crippen molar-refractivity contribution in [2.75, 3.05) is 13.2 Å². The highest BCUT2D eigenvalue weighted by Gasteiger charge is 2.19. The van der Waals surface area contributed by atoms with Crippen molar-refractivity contribution in [2.45, 2.75) is 63.5 Å². The second-order valence-electron chi connectivity index (χ2n) is 6.97. The van der Waals surface area contributed by atoms with Crippen molar-refractivity contribution in [2.24, 2.45) is 0 Å². The number of nitrogens with one attached hydrogen (secondary N) is 2. The van der Waals surface area contributed by atoms with Crippen LogP contribution in [0.4, 0.5) is 0 Å². The lowest BCUT2D eigenvalue weighted by molar-refractivity contribution is 0.0857. The van der Waals surface area contributed by atoms with Gasteiger partial charge in [-0.05, 0) is 31.7 Å².